The predicted molar refractivity (Wildman–Crippen MR) is 141 cm³/mol. The molecule has 0 saturated carbocycles. The van der Waals surface area contributed by atoms with Gasteiger partial charge in [-0.2, -0.15) is 0 Å². The first kappa shape index (κ1) is 29.6. The Labute approximate surface area is 217 Å². The fraction of sp³-hybridized carbons (Fsp3) is 0.440. The predicted octanol–water partition coefficient (Wildman–Crippen LogP) is 3.09. The van der Waals surface area contributed by atoms with Crippen molar-refractivity contribution in [3.05, 3.63) is 64.2 Å². The van der Waals surface area contributed by atoms with Crippen LogP contribution < -0.4 is 14.4 Å². The first-order valence-electron chi connectivity index (χ1n) is 11.6. The number of carbonyl (C=O) groups is 2. The summed E-state index contributed by atoms with van der Waals surface area (Å²) < 4.78 is 31.3. The zero-order chi connectivity index (χ0) is 28.0. The van der Waals surface area contributed by atoms with Crippen LogP contribution in [0.4, 0.5) is 11.4 Å². The second-order valence-corrected chi connectivity index (χ2v) is 11.5. The molecule has 2 rings (SSSR count). The van der Waals surface area contributed by atoms with Crippen molar-refractivity contribution in [1.29, 1.82) is 0 Å². The number of nitrogens with one attached hydrogen (secondary N) is 1. The summed E-state index contributed by atoms with van der Waals surface area (Å²) in [6.45, 7) is 6.61. The number of sulfonamides is 1. The molecule has 11 nitrogen and oxygen atoms in total. The first-order valence-corrected chi connectivity index (χ1v) is 13.5. The zero-order valence-electron chi connectivity index (χ0n) is 21.9. The van der Waals surface area contributed by atoms with Crippen LogP contribution in [0.25, 0.3) is 0 Å². The summed E-state index contributed by atoms with van der Waals surface area (Å²) in [5.74, 6) is -0.394. The molecule has 0 heterocycles. The third kappa shape index (κ3) is 8.45. The largest absolute Gasteiger partial charge is 0.497 e. The van der Waals surface area contributed by atoms with Crippen molar-refractivity contribution in [1.82, 2.24) is 10.2 Å². The monoisotopic (exact) mass is 534 g/mol. The first-order chi connectivity index (χ1) is 17.2. The molecular formula is C25H34N4O7S. The van der Waals surface area contributed by atoms with E-state index in [-0.39, 0.29) is 30.2 Å². The number of hydrogen-bond acceptors (Lipinski definition) is 7. The molecule has 2 amide bonds. The van der Waals surface area contributed by atoms with Gasteiger partial charge < -0.3 is 15.0 Å². The number of anilines is 1. The Hall–Kier alpha value is -3.67. The highest BCUT2D eigenvalue weighted by molar-refractivity contribution is 7.92. The maximum atomic E-state index is 13.7. The smallest absolute Gasteiger partial charge is 0.271 e. The molecular weight excluding hydrogens is 500 g/mol. The molecule has 12 heteroatoms. The van der Waals surface area contributed by atoms with E-state index in [0.29, 0.717) is 11.3 Å². The van der Waals surface area contributed by atoms with Crippen molar-refractivity contribution in [2.75, 3.05) is 24.2 Å². The van der Waals surface area contributed by atoms with E-state index >= 15 is 0 Å². The summed E-state index contributed by atoms with van der Waals surface area (Å²) in [4.78, 5) is 38.8. The van der Waals surface area contributed by atoms with Crippen molar-refractivity contribution in [3.8, 4) is 5.75 Å². The van der Waals surface area contributed by atoms with Gasteiger partial charge in [0, 0.05) is 24.2 Å². The van der Waals surface area contributed by atoms with Gasteiger partial charge in [0.1, 0.15) is 18.3 Å². The van der Waals surface area contributed by atoms with E-state index in [9.17, 15) is 28.1 Å². The highest BCUT2D eigenvalue weighted by Gasteiger charge is 2.33. The zero-order valence-corrected chi connectivity index (χ0v) is 22.7. The van der Waals surface area contributed by atoms with E-state index in [4.69, 9.17) is 4.74 Å². The average Bonchev–Trinajstić information content (AvgIpc) is 2.80. The number of benzene rings is 2. The second kappa shape index (κ2) is 12.0. The van der Waals surface area contributed by atoms with E-state index in [1.54, 1.807) is 31.2 Å². The lowest BCUT2D eigenvalue weighted by Gasteiger charge is -2.34. The van der Waals surface area contributed by atoms with Gasteiger partial charge in [-0.05, 0) is 51.0 Å². The van der Waals surface area contributed by atoms with Crippen molar-refractivity contribution in [2.45, 2.75) is 52.2 Å². The van der Waals surface area contributed by atoms with Gasteiger partial charge in [0.15, 0.2) is 0 Å². The summed E-state index contributed by atoms with van der Waals surface area (Å²) >= 11 is 0. The number of nitro benzene ring substituents is 1. The third-order valence-corrected chi connectivity index (χ3v) is 6.54. The Morgan fingerprint density at radius 2 is 1.76 bits per heavy atom. The molecule has 0 aliphatic rings. The fourth-order valence-electron chi connectivity index (χ4n) is 3.68. The van der Waals surface area contributed by atoms with Gasteiger partial charge in [-0.15, -0.1) is 0 Å². The van der Waals surface area contributed by atoms with Crippen LogP contribution in [0, 0.1) is 10.1 Å². The SMILES string of the molecule is CC[C@H](C(=O)NC(C)(C)C)N(Cc1ccc(OC)cc1)C(=O)CN(c1cccc([N+](=O)[O-])c1)S(C)(=O)=O. The van der Waals surface area contributed by atoms with E-state index in [1.807, 2.05) is 20.8 Å². The average molecular weight is 535 g/mol. The number of nitrogens with zero attached hydrogens (tertiary/aromatic N) is 3. The molecule has 1 atom stereocenters. The molecule has 0 unspecified atom stereocenters. The van der Waals surface area contributed by atoms with Gasteiger partial charge in [0.05, 0.1) is 24.0 Å². The second-order valence-electron chi connectivity index (χ2n) is 9.58. The van der Waals surface area contributed by atoms with Crippen molar-refractivity contribution in [2.24, 2.45) is 0 Å². The van der Waals surface area contributed by atoms with Gasteiger partial charge >= 0.3 is 0 Å². The van der Waals surface area contributed by atoms with Crippen LogP contribution in [0.1, 0.15) is 39.7 Å². The van der Waals surface area contributed by atoms with E-state index < -0.39 is 39.0 Å². The highest BCUT2D eigenvalue weighted by atomic mass is 32.2. The van der Waals surface area contributed by atoms with E-state index in [0.717, 1.165) is 16.6 Å². The number of rotatable bonds is 11. The molecule has 0 aliphatic carbocycles. The lowest BCUT2D eigenvalue weighted by molar-refractivity contribution is -0.384. The number of hydrogen-bond donors (Lipinski definition) is 1. The Morgan fingerprint density at radius 3 is 2.24 bits per heavy atom. The number of methoxy groups -OCH3 is 1. The molecule has 0 radical (unpaired) electrons. The molecule has 0 aromatic heterocycles. The summed E-state index contributed by atoms with van der Waals surface area (Å²) in [6, 6.07) is 11.1. The molecule has 0 spiro atoms. The molecule has 0 fully saturated rings. The summed E-state index contributed by atoms with van der Waals surface area (Å²) in [6.07, 6.45) is 1.19. The van der Waals surface area contributed by atoms with Gasteiger partial charge in [-0.1, -0.05) is 25.1 Å². The Morgan fingerprint density at radius 1 is 1.14 bits per heavy atom. The lowest BCUT2D eigenvalue weighted by Crippen LogP contribution is -2.55. The minimum absolute atomic E-state index is 0.0263. The number of ether oxygens (including phenoxy) is 1. The third-order valence-electron chi connectivity index (χ3n) is 5.40. The van der Waals surface area contributed by atoms with Gasteiger partial charge in [0.25, 0.3) is 5.69 Å². The maximum absolute atomic E-state index is 13.7. The number of amides is 2. The lowest BCUT2D eigenvalue weighted by atomic mass is 10.1. The van der Waals surface area contributed by atoms with E-state index in [1.165, 1.54) is 30.2 Å². The quantitative estimate of drug-likeness (QED) is 0.345. The van der Waals surface area contributed by atoms with Crippen molar-refractivity contribution < 1.29 is 27.7 Å². The van der Waals surface area contributed by atoms with Crippen LogP contribution in [0.2, 0.25) is 0 Å². The summed E-state index contributed by atoms with van der Waals surface area (Å²) in [5, 5.41) is 14.1. The van der Waals surface area contributed by atoms with Crippen LogP contribution in [0.3, 0.4) is 0 Å². The standard InChI is InChI=1S/C25H34N4O7S/c1-7-22(24(31)26-25(2,3)4)27(16-18-11-13-21(36-5)14-12-18)23(30)17-28(37(6,34)35)19-9-8-10-20(15-19)29(32)33/h8-15,22H,7,16-17H2,1-6H3,(H,26,31)/t22-/m1/s1. The Balaban J connectivity index is 2.49. The molecule has 1 N–H and O–H groups in total. The minimum atomic E-state index is -4.01. The van der Waals surface area contributed by atoms with Crippen molar-refractivity contribution in [3.63, 3.8) is 0 Å². The van der Waals surface area contributed by atoms with Crippen LogP contribution >= 0.6 is 0 Å². The Kier molecular flexibility index (Phi) is 9.62. The molecule has 2 aromatic carbocycles. The van der Waals surface area contributed by atoms with Gasteiger partial charge in [0.2, 0.25) is 21.8 Å². The maximum Gasteiger partial charge on any atom is 0.271 e. The topological polar surface area (TPSA) is 139 Å². The highest BCUT2D eigenvalue weighted by Crippen LogP contribution is 2.24. The molecule has 0 saturated heterocycles. The number of nitro groups is 1. The molecule has 0 bridgehead atoms. The van der Waals surface area contributed by atoms with Gasteiger partial charge in [-0.3, -0.25) is 24.0 Å². The number of carbonyl (C=O) groups excluding carboxylic acids is 2. The molecule has 2 aromatic rings. The van der Waals surface area contributed by atoms with Crippen LogP contribution in [0.5, 0.6) is 5.75 Å². The van der Waals surface area contributed by atoms with Crippen LogP contribution in [0.15, 0.2) is 48.5 Å². The van der Waals surface area contributed by atoms with Crippen LogP contribution in [-0.2, 0) is 26.2 Å². The summed E-state index contributed by atoms with van der Waals surface area (Å²) in [5.41, 5.74) is -0.190. The Bertz CT molecular complexity index is 1220. The summed E-state index contributed by atoms with van der Waals surface area (Å²) in [7, 11) is -2.48. The molecule has 37 heavy (non-hydrogen) atoms. The van der Waals surface area contributed by atoms with Gasteiger partial charge in [-0.25, -0.2) is 8.42 Å². The minimum Gasteiger partial charge on any atom is -0.497 e. The van der Waals surface area contributed by atoms with Crippen LogP contribution in [-0.4, -0.2) is 61.5 Å². The van der Waals surface area contributed by atoms with Crippen molar-refractivity contribution >= 4 is 33.2 Å². The molecule has 202 valence electrons. The fourth-order valence-corrected chi connectivity index (χ4v) is 4.52. The molecule has 0 aliphatic heterocycles. The number of non-ortho nitro benzene ring substituents is 1. The normalized spacial score (nSPS) is 12.4. The van der Waals surface area contributed by atoms with E-state index in [2.05, 4.69) is 5.32 Å².